The van der Waals surface area contributed by atoms with E-state index in [1.807, 2.05) is 24.3 Å². The molecule has 0 aliphatic heterocycles. The molecule has 9 heteroatoms. The van der Waals surface area contributed by atoms with Crippen molar-refractivity contribution >= 4 is 29.9 Å². The Morgan fingerprint density at radius 1 is 1.07 bits per heavy atom. The van der Waals surface area contributed by atoms with E-state index in [4.69, 9.17) is 4.74 Å². The van der Waals surface area contributed by atoms with Crippen LogP contribution in [0, 0.1) is 5.82 Å². The molecule has 2 aromatic rings. The van der Waals surface area contributed by atoms with E-state index >= 15 is 0 Å². The second-order valence-electron chi connectivity index (χ2n) is 5.22. The number of hydrogen-bond donors (Lipinski definition) is 2. The lowest BCUT2D eigenvalue weighted by Gasteiger charge is -2.15. The van der Waals surface area contributed by atoms with E-state index in [9.17, 15) is 13.2 Å². The Balaban J connectivity index is 0.00000364. The van der Waals surface area contributed by atoms with Crippen molar-refractivity contribution in [3.8, 4) is 11.5 Å². The molecular formula is C18H21F3IN3O2. The zero-order valence-corrected chi connectivity index (χ0v) is 17.2. The van der Waals surface area contributed by atoms with Gasteiger partial charge in [0.15, 0.2) is 5.96 Å². The fraction of sp³-hybridized carbons (Fsp3) is 0.278. The highest BCUT2D eigenvalue weighted by molar-refractivity contribution is 14.0. The van der Waals surface area contributed by atoms with Gasteiger partial charge in [0.25, 0.3) is 0 Å². The highest BCUT2D eigenvalue weighted by Gasteiger charge is 2.14. The minimum atomic E-state index is -3.02. The Bertz CT molecular complexity index is 743. The molecule has 0 bridgehead atoms. The Hall–Kier alpha value is -2.17. The fourth-order valence-corrected chi connectivity index (χ4v) is 2.24. The zero-order chi connectivity index (χ0) is 18.9. The number of methoxy groups -OCH3 is 1. The molecule has 0 aromatic heterocycles. The van der Waals surface area contributed by atoms with Crippen molar-refractivity contribution in [3.05, 3.63) is 59.4 Å². The van der Waals surface area contributed by atoms with Crippen molar-refractivity contribution in [1.29, 1.82) is 0 Å². The number of ether oxygens (including phenoxy) is 2. The molecule has 2 rings (SSSR count). The predicted octanol–water partition coefficient (Wildman–Crippen LogP) is 3.92. The molecule has 0 amide bonds. The van der Waals surface area contributed by atoms with Crippen molar-refractivity contribution in [1.82, 2.24) is 10.6 Å². The van der Waals surface area contributed by atoms with Crippen LogP contribution < -0.4 is 20.1 Å². The number of aliphatic imine (C=N–C) groups is 1. The maximum atomic E-state index is 13.9. The van der Waals surface area contributed by atoms with E-state index in [0.717, 1.165) is 11.3 Å². The predicted molar refractivity (Wildman–Crippen MR) is 108 cm³/mol. The number of benzene rings is 2. The molecule has 27 heavy (non-hydrogen) atoms. The van der Waals surface area contributed by atoms with Gasteiger partial charge in [0.05, 0.1) is 7.11 Å². The van der Waals surface area contributed by atoms with E-state index in [1.54, 1.807) is 14.2 Å². The third-order valence-electron chi connectivity index (χ3n) is 3.57. The maximum Gasteiger partial charge on any atom is 0.387 e. The summed E-state index contributed by atoms with van der Waals surface area (Å²) in [5.74, 6) is 0.300. The number of nitrogens with one attached hydrogen (secondary N) is 2. The van der Waals surface area contributed by atoms with Crippen LogP contribution in [0.3, 0.4) is 0 Å². The van der Waals surface area contributed by atoms with Gasteiger partial charge in [-0.15, -0.1) is 24.0 Å². The number of alkyl halides is 2. The summed E-state index contributed by atoms with van der Waals surface area (Å²) in [5, 5.41) is 5.94. The van der Waals surface area contributed by atoms with E-state index in [1.165, 1.54) is 18.2 Å². The molecular weight excluding hydrogens is 474 g/mol. The molecule has 0 spiro atoms. The lowest BCUT2D eigenvalue weighted by molar-refractivity contribution is -0.0506. The van der Waals surface area contributed by atoms with Gasteiger partial charge in [0.1, 0.15) is 17.3 Å². The van der Waals surface area contributed by atoms with Crippen LogP contribution in [0.4, 0.5) is 13.2 Å². The van der Waals surface area contributed by atoms with Crippen molar-refractivity contribution in [2.45, 2.75) is 19.7 Å². The first-order valence-electron chi connectivity index (χ1n) is 7.83. The van der Waals surface area contributed by atoms with Crippen LogP contribution >= 0.6 is 24.0 Å². The summed E-state index contributed by atoms with van der Waals surface area (Å²) in [7, 11) is 3.15. The SMILES string of the molecule is CN=C(NCc1ccc(OC)cc1)NCc1c(F)cccc1OC(F)F.I. The molecule has 2 aromatic carbocycles. The third kappa shape index (κ3) is 7.16. The van der Waals surface area contributed by atoms with Crippen molar-refractivity contribution < 1.29 is 22.6 Å². The first-order valence-corrected chi connectivity index (χ1v) is 7.83. The second-order valence-corrected chi connectivity index (χ2v) is 5.22. The highest BCUT2D eigenvalue weighted by Crippen LogP contribution is 2.23. The average molecular weight is 495 g/mol. The van der Waals surface area contributed by atoms with Crippen LogP contribution in [0.15, 0.2) is 47.5 Å². The Labute approximate surface area is 173 Å². The van der Waals surface area contributed by atoms with Gasteiger partial charge in [-0.2, -0.15) is 8.78 Å². The highest BCUT2D eigenvalue weighted by atomic mass is 127. The Morgan fingerprint density at radius 2 is 1.74 bits per heavy atom. The van der Waals surface area contributed by atoms with Gasteiger partial charge in [-0.3, -0.25) is 4.99 Å². The fourth-order valence-electron chi connectivity index (χ4n) is 2.24. The molecule has 5 nitrogen and oxygen atoms in total. The van der Waals surface area contributed by atoms with E-state index in [2.05, 4.69) is 20.4 Å². The average Bonchev–Trinajstić information content (AvgIpc) is 2.63. The summed E-state index contributed by atoms with van der Waals surface area (Å²) in [4.78, 5) is 4.03. The quantitative estimate of drug-likeness (QED) is 0.348. The van der Waals surface area contributed by atoms with Gasteiger partial charge < -0.3 is 20.1 Å². The van der Waals surface area contributed by atoms with Gasteiger partial charge in [0, 0.05) is 25.7 Å². The smallest absolute Gasteiger partial charge is 0.387 e. The van der Waals surface area contributed by atoms with E-state index < -0.39 is 12.4 Å². The summed E-state index contributed by atoms with van der Waals surface area (Å²) in [5.41, 5.74) is 0.988. The molecule has 0 unspecified atom stereocenters. The van der Waals surface area contributed by atoms with E-state index in [-0.39, 0.29) is 41.8 Å². The second kappa shape index (κ2) is 11.5. The number of halogens is 4. The molecule has 0 aliphatic rings. The molecule has 2 N–H and O–H groups in total. The van der Waals surface area contributed by atoms with Crippen LogP contribution in [-0.2, 0) is 13.1 Å². The molecule has 0 radical (unpaired) electrons. The molecule has 0 saturated heterocycles. The third-order valence-corrected chi connectivity index (χ3v) is 3.57. The Kier molecular flexibility index (Phi) is 9.76. The number of hydrogen-bond acceptors (Lipinski definition) is 3. The monoisotopic (exact) mass is 495 g/mol. The topological polar surface area (TPSA) is 54.9 Å². The van der Waals surface area contributed by atoms with Gasteiger partial charge in [-0.1, -0.05) is 18.2 Å². The summed E-state index contributed by atoms with van der Waals surface area (Å²) in [6.45, 7) is -2.61. The molecule has 0 saturated carbocycles. The van der Waals surface area contributed by atoms with E-state index in [0.29, 0.717) is 12.5 Å². The van der Waals surface area contributed by atoms with Crippen molar-refractivity contribution in [3.63, 3.8) is 0 Å². The molecule has 0 fully saturated rings. The largest absolute Gasteiger partial charge is 0.497 e. The van der Waals surface area contributed by atoms with Crippen LogP contribution in [0.1, 0.15) is 11.1 Å². The molecule has 148 valence electrons. The zero-order valence-electron chi connectivity index (χ0n) is 14.8. The van der Waals surface area contributed by atoms with Crippen molar-refractivity contribution in [2.75, 3.05) is 14.2 Å². The number of rotatable bonds is 7. The van der Waals surface area contributed by atoms with Gasteiger partial charge in [0.2, 0.25) is 0 Å². The summed E-state index contributed by atoms with van der Waals surface area (Å²) >= 11 is 0. The molecule has 0 aliphatic carbocycles. The standard InChI is InChI=1S/C18H20F3N3O2.HI/c1-22-18(23-10-12-6-8-13(25-2)9-7-12)24-11-14-15(19)4-3-5-16(14)26-17(20)21;/h3-9,17H,10-11H2,1-2H3,(H2,22,23,24);1H. The first kappa shape index (κ1) is 22.9. The Morgan fingerprint density at radius 3 is 2.33 bits per heavy atom. The van der Waals surface area contributed by atoms with Gasteiger partial charge >= 0.3 is 6.61 Å². The van der Waals surface area contributed by atoms with Gasteiger partial charge in [-0.25, -0.2) is 4.39 Å². The molecule has 0 atom stereocenters. The molecule has 0 heterocycles. The number of nitrogens with zero attached hydrogens (tertiary/aromatic N) is 1. The van der Waals surface area contributed by atoms with Gasteiger partial charge in [-0.05, 0) is 29.8 Å². The maximum absolute atomic E-state index is 13.9. The van der Waals surface area contributed by atoms with Crippen molar-refractivity contribution in [2.24, 2.45) is 4.99 Å². The normalized spacial score (nSPS) is 11.0. The lowest BCUT2D eigenvalue weighted by Crippen LogP contribution is -2.36. The lowest BCUT2D eigenvalue weighted by atomic mass is 10.2. The van der Waals surface area contributed by atoms with Crippen LogP contribution in [0.2, 0.25) is 0 Å². The number of guanidine groups is 1. The summed E-state index contributed by atoms with van der Waals surface area (Å²) in [6.07, 6.45) is 0. The minimum Gasteiger partial charge on any atom is -0.497 e. The van der Waals surface area contributed by atoms with Crippen LogP contribution in [0.25, 0.3) is 0 Å². The minimum absolute atomic E-state index is 0. The van der Waals surface area contributed by atoms with Crippen LogP contribution in [-0.4, -0.2) is 26.7 Å². The summed E-state index contributed by atoms with van der Waals surface area (Å²) in [6, 6.07) is 11.2. The van der Waals surface area contributed by atoms with Crippen LogP contribution in [0.5, 0.6) is 11.5 Å². The summed E-state index contributed by atoms with van der Waals surface area (Å²) < 4.78 is 48.3. The first-order chi connectivity index (χ1) is 12.5.